The summed E-state index contributed by atoms with van der Waals surface area (Å²) < 4.78 is 28.6. The van der Waals surface area contributed by atoms with Gasteiger partial charge in [0.1, 0.15) is 5.82 Å². The summed E-state index contributed by atoms with van der Waals surface area (Å²) in [6.45, 7) is 3.13. The van der Waals surface area contributed by atoms with Gasteiger partial charge in [-0.15, -0.1) is 0 Å². The van der Waals surface area contributed by atoms with Gasteiger partial charge in [0.05, 0.1) is 10.4 Å². The third kappa shape index (κ3) is 4.12. The molecule has 7 rings (SSSR count). The van der Waals surface area contributed by atoms with E-state index in [9.17, 15) is 8.42 Å². The minimum atomic E-state index is -3.55. The standard InChI is InChI=1S/C28H31N7O2S/c1-2-5-18-8-12-22(13-9-18)38(36,37)35-17-20-14-21(35)16-34(20)28-29-24-7-4-3-6-23(24)27(31-28)30-26-15-25(32-33-26)19-10-11-19/h3-4,6-9,12-13,15,19-21H,2,5,10-11,14,16-17H2,1H3,(H2,29,30,31,32,33). The Bertz CT molecular complexity index is 1600. The van der Waals surface area contributed by atoms with Crippen LogP contribution in [0.15, 0.2) is 59.5 Å². The molecule has 0 amide bonds. The lowest BCUT2D eigenvalue weighted by Crippen LogP contribution is -2.49. The van der Waals surface area contributed by atoms with E-state index in [1.54, 1.807) is 16.4 Å². The first-order valence-electron chi connectivity index (χ1n) is 13.5. The number of rotatable bonds is 8. The largest absolute Gasteiger partial charge is 0.335 e. The number of benzene rings is 2. The molecule has 4 heterocycles. The zero-order valence-corrected chi connectivity index (χ0v) is 22.2. The van der Waals surface area contributed by atoms with Crippen molar-refractivity contribution in [2.45, 2.75) is 61.9 Å². The summed E-state index contributed by atoms with van der Waals surface area (Å²) >= 11 is 0. The summed E-state index contributed by atoms with van der Waals surface area (Å²) in [5.41, 5.74) is 3.17. The molecule has 0 spiro atoms. The fraction of sp³-hybridized carbons (Fsp3) is 0.393. The zero-order chi connectivity index (χ0) is 25.9. The number of fused-ring (bicyclic) bond motifs is 3. The van der Waals surface area contributed by atoms with Crippen molar-refractivity contribution in [1.29, 1.82) is 0 Å². The van der Waals surface area contributed by atoms with Gasteiger partial charge in [0, 0.05) is 48.2 Å². The minimum absolute atomic E-state index is 0.0370. The predicted octanol–water partition coefficient (Wildman–Crippen LogP) is 4.58. The minimum Gasteiger partial charge on any atom is -0.335 e. The smallest absolute Gasteiger partial charge is 0.243 e. The average Bonchev–Trinajstić information content (AvgIpc) is 3.33. The molecule has 10 heteroatoms. The van der Waals surface area contributed by atoms with E-state index < -0.39 is 10.0 Å². The number of anilines is 3. The summed E-state index contributed by atoms with van der Waals surface area (Å²) in [6.07, 6.45) is 5.17. The molecule has 2 bridgehead atoms. The third-order valence-electron chi connectivity index (χ3n) is 7.97. The number of nitrogens with zero attached hydrogens (tertiary/aromatic N) is 5. The van der Waals surface area contributed by atoms with Crippen LogP contribution in [-0.2, 0) is 16.4 Å². The maximum Gasteiger partial charge on any atom is 0.243 e. The number of piperazine rings is 1. The lowest BCUT2D eigenvalue weighted by Gasteiger charge is -2.33. The SMILES string of the molecule is CCCc1ccc(S(=O)(=O)N2CC3CC2CN3c2nc(Nc3cc(C4CC4)[nH]n3)c3ccccc3n2)cc1. The second kappa shape index (κ2) is 9.06. The Labute approximate surface area is 222 Å². The lowest BCUT2D eigenvalue weighted by atomic mass is 10.1. The molecule has 1 aliphatic carbocycles. The van der Waals surface area contributed by atoms with E-state index >= 15 is 0 Å². The number of aryl methyl sites for hydroxylation is 1. The van der Waals surface area contributed by atoms with Gasteiger partial charge in [-0.3, -0.25) is 5.10 Å². The van der Waals surface area contributed by atoms with Crippen LogP contribution in [0.25, 0.3) is 10.9 Å². The molecule has 0 radical (unpaired) electrons. The highest BCUT2D eigenvalue weighted by atomic mass is 32.2. The predicted molar refractivity (Wildman–Crippen MR) is 147 cm³/mol. The first-order valence-corrected chi connectivity index (χ1v) is 14.9. The number of nitrogens with one attached hydrogen (secondary N) is 2. The van der Waals surface area contributed by atoms with Gasteiger partial charge in [-0.25, -0.2) is 13.4 Å². The van der Waals surface area contributed by atoms with E-state index in [0.717, 1.165) is 47.2 Å². The molecule has 9 nitrogen and oxygen atoms in total. The van der Waals surface area contributed by atoms with Crippen molar-refractivity contribution in [2.75, 3.05) is 23.3 Å². The molecule has 4 aromatic rings. The quantitative estimate of drug-likeness (QED) is 0.344. The summed E-state index contributed by atoms with van der Waals surface area (Å²) in [5, 5.41) is 11.9. The molecule has 2 atom stereocenters. The number of sulfonamides is 1. The molecule has 2 saturated heterocycles. The highest BCUT2D eigenvalue weighted by molar-refractivity contribution is 7.89. The third-order valence-corrected chi connectivity index (χ3v) is 9.90. The fourth-order valence-electron chi connectivity index (χ4n) is 5.84. The molecule has 2 aromatic heterocycles. The van der Waals surface area contributed by atoms with Crippen LogP contribution in [0.2, 0.25) is 0 Å². The molecule has 2 aliphatic heterocycles. The summed E-state index contributed by atoms with van der Waals surface area (Å²) in [5.74, 6) is 2.66. The second-order valence-electron chi connectivity index (χ2n) is 10.7. The van der Waals surface area contributed by atoms with Crippen molar-refractivity contribution in [3.05, 3.63) is 65.9 Å². The molecule has 2 aromatic carbocycles. The van der Waals surface area contributed by atoms with E-state index in [0.29, 0.717) is 35.7 Å². The molecular formula is C28H31N7O2S. The molecule has 3 fully saturated rings. The van der Waals surface area contributed by atoms with Gasteiger partial charge in [-0.05, 0) is 55.5 Å². The number of H-pyrrole nitrogens is 1. The van der Waals surface area contributed by atoms with E-state index in [-0.39, 0.29) is 12.1 Å². The number of hydrogen-bond donors (Lipinski definition) is 2. The van der Waals surface area contributed by atoms with Gasteiger partial charge >= 0.3 is 0 Å². The van der Waals surface area contributed by atoms with Crippen LogP contribution in [0.3, 0.4) is 0 Å². The lowest BCUT2D eigenvalue weighted by molar-refractivity contribution is 0.367. The highest BCUT2D eigenvalue weighted by Gasteiger charge is 2.49. The normalized spacial score (nSPS) is 21.4. The summed E-state index contributed by atoms with van der Waals surface area (Å²) in [7, 11) is -3.55. The number of aromatic nitrogens is 4. The van der Waals surface area contributed by atoms with E-state index in [2.05, 4.69) is 33.4 Å². The average molecular weight is 530 g/mol. The Morgan fingerprint density at radius 1 is 1.03 bits per heavy atom. The van der Waals surface area contributed by atoms with E-state index in [4.69, 9.17) is 9.97 Å². The topological polar surface area (TPSA) is 107 Å². The molecule has 2 N–H and O–H groups in total. The maximum absolute atomic E-state index is 13.5. The van der Waals surface area contributed by atoms with Crippen LogP contribution in [-0.4, -0.2) is 58.1 Å². The van der Waals surface area contributed by atoms with Crippen LogP contribution < -0.4 is 10.2 Å². The van der Waals surface area contributed by atoms with Crippen LogP contribution in [0.5, 0.6) is 0 Å². The number of para-hydroxylation sites is 1. The van der Waals surface area contributed by atoms with Gasteiger partial charge in [0.15, 0.2) is 5.82 Å². The summed E-state index contributed by atoms with van der Waals surface area (Å²) in [6, 6.07) is 17.3. The monoisotopic (exact) mass is 529 g/mol. The Morgan fingerprint density at radius 3 is 2.58 bits per heavy atom. The first-order chi connectivity index (χ1) is 18.5. The Balaban J connectivity index is 1.14. The maximum atomic E-state index is 13.5. The molecule has 196 valence electrons. The van der Waals surface area contributed by atoms with Gasteiger partial charge in [-0.1, -0.05) is 37.6 Å². The molecule has 38 heavy (non-hydrogen) atoms. The van der Waals surface area contributed by atoms with Gasteiger partial charge < -0.3 is 10.2 Å². The van der Waals surface area contributed by atoms with Crippen LogP contribution in [0.1, 0.15) is 49.8 Å². The molecule has 2 unspecified atom stereocenters. The zero-order valence-electron chi connectivity index (χ0n) is 21.3. The van der Waals surface area contributed by atoms with E-state index in [1.807, 2.05) is 36.4 Å². The Morgan fingerprint density at radius 2 is 1.84 bits per heavy atom. The summed E-state index contributed by atoms with van der Waals surface area (Å²) in [4.78, 5) is 12.3. The van der Waals surface area contributed by atoms with Crippen molar-refractivity contribution in [3.63, 3.8) is 0 Å². The fourth-order valence-corrected chi connectivity index (χ4v) is 7.50. The van der Waals surface area contributed by atoms with Crippen LogP contribution in [0.4, 0.5) is 17.6 Å². The van der Waals surface area contributed by atoms with Crippen molar-refractivity contribution in [3.8, 4) is 0 Å². The first kappa shape index (κ1) is 23.6. The Kier molecular flexibility index (Phi) is 5.63. The van der Waals surface area contributed by atoms with Crippen molar-refractivity contribution in [2.24, 2.45) is 0 Å². The van der Waals surface area contributed by atoms with E-state index in [1.165, 1.54) is 12.8 Å². The van der Waals surface area contributed by atoms with Gasteiger partial charge in [-0.2, -0.15) is 14.4 Å². The van der Waals surface area contributed by atoms with Gasteiger partial charge in [0.2, 0.25) is 16.0 Å². The van der Waals surface area contributed by atoms with Crippen molar-refractivity contribution < 1.29 is 8.42 Å². The Hall–Kier alpha value is -3.50. The molecular weight excluding hydrogens is 498 g/mol. The number of hydrogen-bond acceptors (Lipinski definition) is 7. The molecule has 1 saturated carbocycles. The van der Waals surface area contributed by atoms with Crippen molar-refractivity contribution >= 4 is 38.5 Å². The number of aromatic amines is 1. The van der Waals surface area contributed by atoms with Gasteiger partial charge in [0.25, 0.3) is 0 Å². The molecule has 3 aliphatic rings. The van der Waals surface area contributed by atoms with Crippen molar-refractivity contribution in [1.82, 2.24) is 24.5 Å². The van der Waals surface area contributed by atoms with Crippen LogP contribution >= 0.6 is 0 Å². The van der Waals surface area contributed by atoms with Crippen LogP contribution in [0, 0.1) is 0 Å². The highest BCUT2D eigenvalue weighted by Crippen LogP contribution is 2.40. The second-order valence-corrected chi connectivity index (χ2v) is 12.6.